The lowest BCUT2D eigenvalue weighted by Gasteiger charge is -2.21. The highest BCUT2D eigenvalue weighted by Crippen LogP contribution is 2.35. The number of fused-ring (bicyclic) bond motifs is 2. The Kier molecular flexibility index (Phi) is 5.22. The second-order valence-corrected chi connectivity index (χ2v) is 8.10. The molecule has 4 heterocycles. The van der Waals surface area contributed by atoms with E-state index in [2.05, 4.69) is 14.9 Å². The molecule has 33 heavy (non-hydrogen) atoms. The molecule has 5 rings (SSSR count). The number of rotatable bonds is 4. The molecule has 1 aliphatic heterocycles. The number of anilines is 2. The van der Waals surface area contributed by atoms with E-state index in [0.29, 0.717) is 40.5 Å². The summed E-state index contributed by atoms with van der Waals surface area (Å²) in [5.41, 5.74) is 9.34. The summed E-state index contributed by atoms with van der Waals surface area (Å²) in [5, 5.41) is 0.719. The summed E-state index contributed by atoms with van der Waals surface area (Å²) in [4.78, 5) is 36.4. The average molecular weight is 462 g/mol. The van der Waals surface area contributed by atoms with Crippen LogP contribution in [0.4, 0.5) is 11.5 Å². The van der Waals surface area contributed by atoms with Crippen molar-refractivity contribution in [1.29, 1.82) is 0 Å². The maximum absolute atomic E-state index is 13.2. The molecule has 0 bridgehead atoms. The lowest BCUT2D eigenvalue weighted by Crippen LogP contribution is -2.21. The fourth-order valence-corrected chi connectivity index (χ4v) is 4.34. The van der Waals surface area contributed by atoms with Gasteiger partial charge in [-0.2, -0.15) is 0 Å². The molecule has 1 aliphatic rings. The molecule has 0 aliphatic carbocycles. The van der Waals surface area contributed by atoms with Gasteiger partial charge in [0.25, 0.3) is 0 Å². The Morgan fingerprint density at radius 3 is 2.79 bits per heavy atom. The van der Waals surface area contributed by atoms with E-state index >= 15 is 0 Å². The number of carbonyl (C=O) groups excluding carboxylic acids is 1. The molecule has 0 radical (unpaired) electrons. The topological polar surface area (TPSA) is 103 Å². The second-order valence-electron chi connectivity index (χ2n) is 7.69. The third-order valence-electron chi connectivity index (χ3n) is 5.64. The summed E-state index contributed by atoms with van der Waals surface area (Å²) < 4.78 is 6.84. The van der Waals surface area contributed by atoms with Crippen molar-refractivity contribution in [2.75, 3.05) is 17.2 Å². The zero-order chi connectivity index (χ0) is 23.1. The maximum Gasteiger partial charge on any atom is 0.343 e. The zero-order valence-corrected chi connectivity index (χ0v) is 18.5. The number of halogens is 1. The third-order valence-corrected chi connectivity index (χ3v) is 5.95. The summed E-state index contributed by atoms with van der Waals surface area (Å²) in [6.07, 6.45) is 4.83. The van der Waals surface area contributed by atoms with Gasteiger partial charge in [-0.3, -0.25) is 9.78 Å². The van der Waals surface area contributed by atoms with Gasteiger partial charge in [-0.05, 0) is 42.8 Å². The molecule has 4 aromatic rings. The van der Waals surface area contributed by atoms with Crippen molar-refractivity contribution in [2.45, 2.75) is 20.0 Å². The highest BCUT2D eigenvalue weighted by atomic mass is 35.5. The van der Waals surface area contributed by atoms with E-state index in [1.165, 1.54) is 6.20 Å². The van der Waals surface area contributed by atoms with E-state index in [9.17, 15) is 9.59 Å². The first kappa shape index (κ1) is 21.0. The summed E-state index contributed by atoms with van der Waals surface area (Å²) in [6.45, 7) is 3.11. The summed E-state index contributed by atoms with van der Waals surface area (Å²) in [5.74, 6) is -0.330. The van der Waals surface area contributed by atoms with E-state index in [0.717, 1.165) is 16.9 Å². The fourth-order valence-electron chi connectivity index (χ4n) is 4.05. The SMILES string of the molecule is CCOC(=O)c1cn(-c2ccc(N)nc2)c2cc(N3Cc4cccnc4C3)c(Cl)cc2c1=O. The number of nitrogen functional groups attached to an aromatic ring is 1. The lowest BCUT2D eigenvalue weighted by molar-refractivity contribution is 0.0524. The van der Waals surface area contributed by atoms with Gasteiger partial charge in [-0.25, -0.2) is 9.78 Å². The van der Waals surface area contributed by atoms with Crippen molar-refractivity contribution in [3.63, 3.8) is 0 Å². The van der Waals surface area contributed by atoms with E-state index in [-0.39, 0.29) is 12.2 Å². The van der Waals surface area contributed by atoms with Crippen molar-refractivity contribution in [3.05, 3.63) is 87.1 Å². The number of benzene rings is 1. The van der Waals surface area contributed by atoms with Crippen LogP contribution in [0.15, 0.2) is 59.8 Å². The molecule has 0 fully saturated rings. The standard InChI is InChI=1S/C24H20ClN5O3/c1-2-33-24(32)17-12-30(15-5-6-22(26)28-10-15)20-9-21(18(25)8-16(20)23(17)31)29-11-14-4-3-7-27-19(14)13-29/h3-10,12H,2,11,13H2,1H3,(H2,26,28). The number of carbonyl (C=O) groups is 1. The van der Waals surface area contributed by atoms with Crippen LogP contribution in [0.5, 0.6) is 0 Å². The quantitative estimate of drug-likeness (QED) is 0.462. The van der Waals surface area contributed by atoms with Crippen molar-refractivity contribution in [2.24, 2.45) is 0 Å². The predicted molar refractivity (Wildman–Crippen MR) is 127 cm³/mol. The number of nitrogens with two attached hydrogens (primary N) is 1. The van der Waals surface area contributed by atoms with Gasteiger partial charge in [0, 0.05) is 24.3 Å². The Labute approximate surface area is 194 Å². The smallest absolute Gasteiger partial charge is 0.343 e. The molecule has 2 N–H and O–H groups in total. The third kappa shape index (κ3) is 3.68. The van der Waals surface area contributed by atoms with Gasteiger partial charge in [0.1, 0.15) is 11.4 Å². The number of hydrogen-bond acceptors (Lipinski definition) is 7. The summed E-state index contributed by atoms with van der Waals surface area (Å²) in [6, 6.07) is 10.8. The molecular formula is C24H20ClN5O3. The molecule has 0 amide bonds. The number of aromatic nitrogens is 3. The Bertz CT molecular complexity index is 1420. The van der Waals surface area contributed by atoms with Crippen LogP contribution in [0.25, 0.3) is 16.6 Å². The van der Waals surface area contributed by atoms with Crippen LogP contribution in [-0.2, 0) is 17.8 Å². The number of ether oxygens (including phenoxy) is 1. The molecule has 1 aromatic carbocycles. The minimum absolute atomic E-state index is 0.0808. The molecule has 0 unspecified atom stereocenters. The van der Waals surface area contributed by atoms with Crippen LogP contribution >= 0.6 is 11.6 Å². The Hall–Kier alpha value is -3.91. The van der Waals surface area contributed by atoms with Gasteiger partial charge >= 0.3 is 5.97 Å². The van der Waals surface area contributed by atoms with Crippen LogP contribution < -0.4 is 16.1 Å². The van der Waals surface area contributed by atoms with Crippen LogP contribution in [0, 0.1) is 0 Å². The number of esters is 1. The number of nitrogens with zero attached hydrogens (tertiary/aromatic N) is 4. The van der Waals surface area contributed by atoms with Gasteiger partial charge in [-0.1, -0.05) is 17.7 Å². The minimum atomic E-state index is -0.692. The lowest BCUT2D eigenvalue weighted by atomic mass is 10.1. The first-order valence-electron chi connectivity index (χ1n) is 10.4. The average Bonchev–Trinajstić information content (AvgIpc) is 3.24. The molecule has 9 heteroatoms. The molecular weight excluding hydrogens is 442 g/mol. The van der Waals surface area contributed by atoms with Crippen molar-refractivity contribution in [3.8, 4) is 5.69 Å². The molecule has 8 nitrogen and oxygen atoms in total. The van der Waals surface area contributed by atoms with E-state index in [1.54, 1.807) is 42.1 Å². The van der Waals surface area contributed by atoms with Crippen LogP contribution in [0.2, 0.25) is 5.02 Å². The summed E-state index contributed by atoms with van der Waals surface area (Å²) in [7, 11) is 0. The predicted octanol–water partition coefficient (Wildman–Crippen LogP) is 3.71. The fraction of sp³-hybridized carbons (Fsp3) is 0.167. The van der Waals surface area contributed by atoms with E-state index in [1.807, 2.05) is 18.2 Å². The second kappa shape index (κ2) is 8.22. The van der Waals surface area contributed by atoms with E-state index < -0.39 is 11.4 Å². The Balaban J connectivity index is 1.72. The van der Waals surface area contributed by atoms with Crippen LogP contribution in [0.1, 0.15) is 28.5 Å². The highest BCUT2D eigenvalue weighted by molar-refractivity contribution is 6.34. The van der Waals surface area contributed by atoms with Crippen molar-refractivity contribution >= 4 is 40.0 Å². The molecule has 3 aromatic heterocycles. The first-order chi connectivity index (χ1) is 16.0. The first-order valence-corrected chi connectivity index (χ1v) is 10.8. The monoisotopic (exact) mass is 461 g/mol. The van der Waals surface area contributed by atoms with Crippen LogP contribution in [-0.4, -0.2) is 27.1 Å². The molecule has 0 saturated carbocycles. The van der Waals surface area contributed by atoms with Gasteiger partial charge in [0.15, 0.2) is 0 Å². The van der Waals surface area contributed by atoms with Gasteiger partial charge < -0.3 is 19.9 Å². The molecule has 166 valence electrons. The minimum Gasteiger partial charge on any atom is -0.462 e. The highest BCUT2D eigenvalue weighted by Gasteiger charge is 2.24. The largest absolute Gasteiger partial charge is 0.462 e. The van der Waals surface area contributed by atoms with Crippen molar-refractivity contribution < 1.29 is 9.53 Å². The number of pyridine rings is 3. The Morgan fingerprint density at radius 2 is 2.06 bits per heavy atom. The van der Waals surface area contributed by atoms with E-state index in [4.69, 9.17) is 22.1 Å². The molecule has 0 atom stereocenters. The zero-order valence-electron chi connectivity index (χ0n) is 17.8. The maximum atomic E-state index is 13.2. The molecule has 0 saturated heterocycles. The normalized spacial score (nSPS) is 12.7. The summed E-state index contributed by atoms with van der Waals surface area (Å²) >= 11 is 6.66. The van der Waals surface area contributed by atoms with Gasteiger partial charge in [0.05, 0.1) is 47.0 Å². The molecule has 0 spiro atoms. The number of hydrogen-bond donors (Lipinski definition) is 1. The van der Waals surface area contributed by atoms with Crippen molar-refractivity contribution in [1.82, 2.24) is 14.5 Å². The Morgan fingerprint density at radius 1 is 1.21 bits per heavy atom. The van der Waals surface area contributed by atoms with Gasteiger partial charge in [0.2, 0.25) is 5.43 Å². The van der Waals surface area contributed by atoms with Gasteiger partial charge in [-0.15, -0.1) is 0 Å². The van der Waals surface area contributed by atoms with Crippen LogP contribution in [0.3, 0.4) is 0 Å².